The highest BCUT2D eigenvalue weighted by molar-refractivity contribution is 7.90. The minimum absolute atomic E-state index is 0.170. The van der Waals surface area contributed by atoms with Crippen LogP contribution in [-0.4, -0.2) is 64.0 Å². The zero-order chi connectivity index (χ0) is 20.0. The van der Waals surface area contributed by atoms with Crippen LogP contribution in [0.1, 0.15) is 0 Å². The average molecular weight is 414 g/mol. The summed E-state index contributed by atoms with van der Waals surface area (Å²) in [4.78, 5) is 4.48. The number of hydrogen-bond acceptors (Lipinski definition) is 7. The lowest BCUT2D eigenvalue weighted by Crippen LogP contribution is -2.43. The molecule has 2 aromatic carbocycles. The summed E-state index contributed by atoms with van der Waals surface area (Å²) in [5, 5.41) is 8.33. The number of piperazine rings is 1. The highest BCUT2D eigenvalue weighted by Gasteiger charge is 2.24. The number of fused-ring (bicyclic) bond motifs is 2. The van der Waals surface area contributed by atoms with Gasteiger partial charge >= 0.3 is 0 Å². The van der Waals surface area contributed by atoms with Gasteiger partial charge in [-0.05, 0) is 30.3 Å². The van der Waals surface area contributed by atoms with Crippen LogP contribution in [0.15, 0.2) is 47.5 Å². The van der Waals surface area contributed by atoms with Gasteiger partial charge < -0.3 is 19.9 Å². The van der Waals surface area contributed by atoms with Gasteiger partial charge in [-0.1, -0.05) is 0 Å². The molecule has 152 valence electrons. The van der Waals surface area contributed by atoms with Gasteiger partial charge in [0.25, 0.3) is 10.0 Å². The topological polar surface area (TPSA) is 79.7 Å². The smallest absolute Gasteiger partial charge is 0.283 e. The van der Waals surface area contributed by atoms with E-state index < -0.39 is 10.0 Å². The van der Waals surface area contributed by atoms with Gasteiger partial charge in [0.2, 0.25) is 0 Å². The van der Waals surface area contributed by atoms with Gasteiger partial charge in [0.1, 0.15) is 12.4 Å². The first-order chi connectivity index (χ1) is 14.0. The lowest BCUT2D eigenvalue weighted by Gasteiger charge is -2.29. The quantitative estimate of drug-likeness (QED) is 0.697. The number of rotatable bonds is 3. The summed E-state index contributed by atoms with van der Waals surface area (Å²) in [5.74, 6) is 0.581. The number of aromatic nitrogens is 2. The fraction of sp³-hybridized carbons (Fsp3) is 0.350. The molecule has 1 saturated heterocycles. The fourth-order valence-electron chi connectivity index (χ4n) is 3.89. The molecule has 0 amide bonds. The number of likely N-dealkylation sites (N-methyl/N-ethyl adjacent to an activating group) is 1. The van der Waals surface area contributed by atoms with Gasteiger partial charge in [-0.3, -0.25) is 0 Å². The normalized spacial score (nSPS) is 17.3. The summed E-state index contributed by atoms with van der Waals surface area (Å²) in [5.41, 5.74) is 2.48. The van der Waals surface area contributed by atoms with Gasteiger partial charge in [-0.2, -0.15) is 17.6 Å². The second-order valence-corrected chi connectivity index (χ2v) is 9.14. The maximum atomic E-state index is 13.4. The van der Waals surface area contributed by atoms with Crippen LogP contribution in [0.25, 0.3) is 10.9 Å². The molecule has 8 nitrogen and oxygen atoms in total. The lowest BCUT2D eigenvalue weighted by atomic mass is 10.2. The highest BCUT2D eigenvalue weighted by atomic mass is 32.2. The van der Waals surface area contributed by atoms with Crippen LogP contribution >= 0.6 is 0 Å². The van der Waals surface area contributed by atoms with E-state index in [1.807, 2.05) is 25.2 Å². The van der Waals surface area contributed by atoms with Crippen molar-refractivity contribution in [2.75, 3.05) is 56.2 Å². The molecule has 0 aliphatic carbocycles. The molecular weight excluding hydrogens is 390 g/mol. The van der Waals surface area contributed by atoms with E-state index in [0.717, 1.165) is 53.6 Å². The molecule has 0 unspecified atom stereocenters. The zero-order valence-electron chi connectivity index (χ0n) is 16.2. The average Bonchev–Trinajstić information content (AvgIpc) is 3.18. The van der Waals surface area contributed by atoms with E-state index in [1.165, 1.54) is 0 Å². The Labute approximate surface area is 169 Å². The van der Waals surface area contributed by atoms with E-state index in [4.69, 9.17) is 4.74 Å². The van der Waals surface area contributed by atoms with Crippen LogP contribution in [0.3, 0.4) is 0 Å². The molecule has 0 bridgehead atoms. The predicted molar refractivity (Wildman–Crippen MR) is 113 cm³/mol. The van der Waals surface area contributed by atoms with Gasteiger partial charge in [0.05, 0.1) is 28.8 Å². The Morgan fingerprint density at radius 1 is 1.07 bits per heavy atom. The minimum Gasteiger partial charge on any atom is -0.490 e. The van der Waals surface area contributed by atoms with E-state index in [1.54, 1.807) is 24.4 Å². The number of anilines is 2. The van der Waals surface area contributed by atoms with Crippen molar-refractivity contribution < 1.29 is 13.2 Å². The van der Waals surface area contributed by atoms with E-state index in [9.17, 15) is 8.42 Å². The van der Waals surface area contributed by atoms with Crippen LogP contribution in [0.2, 0.25) is 0 Å². The Balaban J connectivity index is 1.57. The third-order valence-electron chi connectivity index (χ3n) is 5.56. The molecule has 5 rings (SSSR count). The molecule has 0 radical (unpaired) electrons. The van der Waals surface area contributed by atoms with Gasteiger partial charge in [-0.15, -0.1) is 0 Å². The van der Waals surface area contributed by atoms with Crippen LogP contribution in [0, 0.1) is 0 Å². The van der Waals surface area contributed by atoms with Crippen molar-refractivity contribution in [1.82, 2.24) is 14.5 Å². The number of nitrogens with zero attached hydrogens (tertiary/aromatic N) is 4. The van der Waals surface area contributed by atoms with Crippen LogP contribution < -0.4 is 19.9 Å². The first-order valence-corrected chi connectivity index (χ1v) is 11.1. The summed E-state index contributed by atoms with van der Waals surface area (Å²) in [6.07, 6.45) is 1.59. The van der Waals surface area contributed by atoms with Crippen LogP contribution in [0.5, 0.6) is 5.75 Å². The van der Waals surface area contributed by atoms with Crippen molar-refractivity contribution in [3.05, 3.63) is 42.6 Å². The van der Waals surface area contributed by atoms with E-state index in [-0.39, 0.29) is 4.90 Å². The van der Waals surface area contributed by atoms with E-state index >= 15 is 0 Å². The monoisotopic (exact) mass is 413 g/mol. The maximum Gasteiger partial charge on any atom is 0.283 e. The Kier molecular flexibility index (Phi) is 4.36. The number of ether oxygens (including phenoxy) is 1. The molecule has 1 fully saturated rings. The fourth-order valence-corrected chi connectivity index (χ4v) is 5.18. The van der Waals surface area contributed by atoms with Crippen molar-refractivity contribution >= 4 is 32.3 Å². The minimum atomic E-state index is -3.84. The largest absolute Gasteiger partial charge is 0.490 e. The van der Waals surface area contributed by atoms with Gasteiger partial charge in [-0.25, -0.2) is 0 Å². The standard InChI is InChI=1S/C20H23N5O3S/c1-23-10-11-28-20-13-17(4-5-18(20)23)29(26,27)25-19-12-16(3-2-15(19)14-22-25)24-8-6-21-7-9-24/h2-5,12-14,21H,6-11H2,1H3. The number of nitrogens with one attached hydrogen (secondary N) is 1. The molecule has 0 atom stereocenters. The first-order valence-electron chi connectivity index (χ1n) is 9.71. The first kappa shape index (κ1) is 18.3. The Morgan fingerprint density at radius 3 is 2.72 bits per heavy atom. The highest BCUT2D eigenvalue weighted by Crippen LogP contribution is 2.34. The van der Waals surface area contributed by atoms with Crippen molar-refractivity contribution in [3.8, 4) is 5.75 Å². The molecule has 1 aromatic heterocycles. The van der Waals surface area contributed by atoms with Crippen molar-refractivity contribution in [2.24, 2.45) is 0 Å². The second-order valence-electron chi connectivity index (χ2n) is 7.37. The molecule has 0 spiro atoms. The molecule has 3 heterocycles. The summed E-state index contributed by atoms with van der Waals surface area (Å²) >= 11 is 0. The molecule has 9 heteroatoms. The number of hydrogen-bond donors (Lipinski definition) is 1. The maximum absolute atomic E-state index is 13.4. The van der Waals surface area contributed by atoms with Gasteiger partial charge in [0, 0.05) is 50.4 Å². The van der Waals surface area contributed by atoms with E-state index in [0.29, 0.717) is 17.9 Å². The Bertz CT molecular complexity index is 1170. The molecule has 3 aromatic rings. The predicted octanol–water partition coefficient (Wildman–Crippen LogP) is 1.51. The molecule has 1 N–H and O–H groups in total. The van der Waals surface area contributed by atoms with Crippen LogP contribution in [-0.2, 0) is 10.0 Å². The molecule has 29 heavy (non-hydrogen) atoms. The summed E-state index contributed by atoms with van der Waals surface area (Å²) in [6.45, 7) is 4.92. The summed E-state index contributed by atoms with van der Waals surface area (Å²) in [6, 6.07) is 10.9. The SMILES string of the molecule is CN1CCOc2cc(S(=O)(=O)n3ncc4ccc(N5CCNCC5)cc43)ccc21. The zero-order valence-corrected chi connectivity index (χ0v) is 17.0. The molecule has 2 aliphatic heterocycles. The third kappa shape index (κ3) is 3.10. The number of benzene rings is 2. The Hall–Kier alpha value is -2.78. The second kappa shape index (κ2) is 6.93. The third-order valence-corrected chi connectivity index (χ3v) is 7.15. The Morgan fingerprint density at radius 2 is 1.90 bits per heavy atom. The lowest BCUT2D eigenvalue weighted by molar-refractivity contribution is 0.310. The summed E-state index contributed by atoms with van der Waals surface area (Å²) < 4.78 is 33.6. The van der Waals surface area contributed by atoms with E-state index in [2.05, 4.69) is 20.2 Å². The molecule has 0 saturated carbocycles. The van der Waals surface area contributed by atoms with Crippen molar-refractivity contribution in [1.29, 1.82) is 0 Å². The van der Waals surface area contributed by atoms with Crippen molar-refractivity contribution in [2.45, 2.75) is 4.90 Å². The van der Waals surface area contributed by atoms with Gasteiger partial charge in [0.15, 0.2) is 0 Å². The molecule has 2 aliphatic rings. The molecular formula is C20H23N5O3S. The van der Waals surface area contributed by atoms with Crippen LogP contribution in [0.4, 0.5) is 11.4 Å². The van der Waals surface area contributed by atoms with Crippen molar-refractivity contribution in [3.63, 3.8) is 0 Å². The summed E-state index contributed by atoms with van der Waals surface area (Å²) in [7, 11) is -1.88.